The van der Waals surface area contributed by atoms with Gasteiger partial charge < -0.3 is 10.0 Å². The Bertz CT molecular complexity index is 407. The highest BCUT2D eigenvalue weighted by Gasteiger charge is 2.21. The minimum atomic E-state index is -0.429. The molecule has 0 aliphatic carbocycles. The molecular formula is C11H17N3O3. The van der Waals surface area contributed by atoms with Gasteiger partial charge in [0.25, 0.3) is 0 Å². The second kappa shape index (κ2) is 5.58. The Kier molecular flexibility index (Phi) is 4.39. The van der Waals surface area contributed by atoms with Crippen molar-refractivity contribution in [2.45, 2.75) is 26.4 Å². The fourth-order valence-corrected chi connectivity index (χ4v) is 1.53. The van der Waals surface area contributed by atoms with E-state index in [9.17, 15) is 15.2 Å². The zero-order valence-electron chi connectivity index (χ0n) is 10.3. The summed E-state index contributed by atoms with van der Waals surface area (Å²) in [5, 5.41) is 20.2. The van der Waals surface area contributed by atoms with Crippen LogP contribution in [-0.4, -0.2) is 34.7 Å². The molecule has 1 unspecified atom stereocenters. The molecule has 0 saturated heterocycles. The van der Waals surface area contributed by atoms with Crippen molar-refractivity contribution in [3.8, 4) is 0 Å². The summed E-state index contributed by atoms with van der Waals surface area (Å²) in [6.07, 6.45) is 1.67. The Morgan fingerprint density at radius 3 is 2.82 bits per heavy atom. The van der Waals surface area contributed by atoms with E-state index >= 15 is 0 Å². The SMILES string of the molecule is Cc1ccnc(N(C)CCC(C)O)c1[N+](=O)[O-]. The summed E-state index contributed by atoms with van der Waals surface area (Å²) in [6, 6.07) is 1.62. The van der Waals surface area contributed by atoms with Crippen LogP contribution >= 0.6 is 0 Å². The molecule has 17 heavy (non-hydrogen) atoms. The van der Waals surface area contributed by atoms with Gasteiger partial charge in [-0.15, -0.1) is 0 Å². The van der Waals surface area contributed by atoms with Crippen LogP contribution in [0.5, 0.6) is 0 Å². The number of hydrogen-bond donors (Lipinski definition) is 1. The monoisotopic (exact) mass is 239 g/mol. The molecule has 0 radical (unpaired) electrons. The number of aliphatic hydroxyl groups is 1. The molecule has 0 bridgehead atoms. The van der Waals surface area contributed by atoms with Crippen LogP contribution in [0.15, 0.2) is 12.3 Å². The van der Waals surface area contributed by atoms with Crippen LogP contribution in [0.4, 0.5) is 11.5 Å². The lowest BCUT2D eigenvalue weighted by atomic mass is 10.2. The average Bonchev–Trinajstić information content (AvgIpc) is 2.24. The summed E-state index contributed by atoms with van der Waals surface area (Å²) in [7, 11) is 1.73. The van der Waals surface area contributed by atoms with Crippen LogP contribution in [0.25, 0.3) is 0 Å². The first-order chi connectivity index (χ1) is 7.93. The van der Waals surface area contributed by atoms with Gasteiger partial charge >= 0.3 is 5.69 Å². The van der Waals surface area contributed by atoms with Crippen LogP contribution in [0.3, 0.4) is 0 Å². The number of aliphatic hydroxyl groups excluding tert-OH is 1. The highest BCUT2D eigenvalue weighted by molar-refractivity contribution is 5.60. The van der Waals surface area contributed by atoms with Crippen LogP contribution in [-0.2, 0) is 0 Å². The van der Waals surface area contributed by atoms with E-state index in [4.69, 9.17) is 0 Å². The van der Waals surface area contributed by atoms with Crippen molar-refractivity contribution in [1.82, 2.24) is 4.98 Å². The van der Waals surface area contributed by atoms with Gasteiger partial charge in [0.2, 0.25) is 5.82 Å². The highest BCUT2D eigenvalue weighted by Crippen LogP contribution is 2.28. The van der Waals surface area contributed by atoms with Gasteiger partial charge in [-0.2, -0.15) is 0 Å². The predicted octanol–water partition coefficient (Wildman–Crippen LogP) is 1.51. The largest absolute Gasteiger partial charge is 0.393 e. The van der Waals surface area contributed by atoms with Crippen molar-refractivity contribution in [2.24, 2.45) is 0 Å². The van der Waals surface area contributed by atoms with Gasteiger partial charge in [-0.3, -0.25) is 10.1 Å². The molecule has 1 atom stereocenters. The Balaban J connectivity index is 2.96. The molecule has 94 valence electrons. The van der Waals surface area contributed by atoms with Crippen LogP contribution in [0, 0.1) is 17.0 Å². The molecule has 1 heterocycles. The number of pyridine rings is 1. The second-order valence-corrected chi connectivity index (χ2v) is 4.12. The van der Waals surface area contributed by atoms with E-state index in [1.165, 1.54) is 0 Å². The first kappa shape index (κ1) is 13.4. The molecule has 0 aromatic carbocycles. The van der Waals surface area contributed by atoms with E-state index in [1.807, 2.05) is 0 Å². The third kappa shape index (κ3) is 3.39. The molecule has 6 nitrogen and oxygen atoms in total. The lowest BCUT2D eigenvalue weighted by Gasteiger charge is -2.19. The topological polar surface area (TPSA) is 79.5 Å². The summed E-state index contributed by atoms with van der Waals surface area (Å²) < 4.78 is 0. The number of nitro groups is 1. The van der Waals surface area contributed by atoms with E-state index in [2.05, 4.69) is 4.98 Å². The third-order valence-corrected chi connectivity index (χ3v) is 2.53. The number of aryl methyl sites for hydroxylation is 1. The molecular weight excluding hydrogens is 222 g/mol. The summed E-state index contributed by atoms with van der Waals surface area (Å²) in [4.78, 5) is 16.3. The van der Waals surface area contributed by atoms with Gasteiger partial charge in [-0.1, -0.05) is 0 Å². The molecule has 0 fully saturated rings. The maximum absolute atomic E-state index is 11.0. The molecule has 0 spiro atoms. The normalized spacial score (nSPS) is 12.2. The minimum absolute atomic E-state index is 0.0283. The van der Waals surface area contributed by atoms with Crippen LogP contribution < -0.4 is 4.90 Å². The molecule has 1 aromatic heterocycles. The number of nitrogens with zero attached hydrogens (tertiary/aromatic N) is 3. The van der Waals surface area contributed by atoms with E-state index in [0.717, 1.165) is 0 Å². The van der Waals surface area contributed by atoms with Crippen LogP contribution in [0.2, 0.25) is 0 Å². The number of hydrogen-bond acceptors (Lipinski definition) is 5. The van der Waals surface area contributed by atoms with Crippen molar-refractivity contribution in [3.63, 3.8) is 0 Å². The first-order valence-corrected chi connectivity index (χ1v) is 5.42. The lowest BCUT2D eigenvalue weighted by molar-refractivity contribution is -0.384. The Hall–Kier alpha value is -1.69. The lowest BCUT2D eigenvalue weighted by Crippen LogP contribution is -2.23. The number of aromatic nitrogens is 1. The van der Waals surface area contributed by atoms with Gasteiger partial charge in [0.15, 0.2) is 0 Å². The number of rotatable bonds is 5. The van der Waals surface area contributed by atoms with Crippen molar-refractivity contribution in [1.29, 1.82) is 0 Å². The Morgan fingerprint density at radius 1 is 1.65 bits per heavy atom. The van der Waals surface area contributed by atoms with Crippen molar-refractivity contribution in [3.05, 3.63) is 27.9 Å². The highest BCUT2D eigenvalue weighted by atomic mass is 16.6. The quantitative estimate of drug-likeness (QED) is 0.622. The fourth-order valence-electron chi connectivity index (χ4n) is 1.53. The summed E-state index contributed by atoms with van der Waals surface area (Å²) >= 11 is 0. The smallest absolute Gasteiger partial charge is 0.314 e. The van der Waals surface area contributed by atoms with Gasteiger partial charge in [-0.25, -0.2) is 4.98 Å². The van der Waals surface area contributed by atoms with Crippen molar-refractivity contribution >= 4 is 11.5 Å². The Morgan fingerprint density at radius 2 is 2.29 bits per heavy atom. The van der Waals surface area contributed by atoms with Crippen LogP contribution in [0.1, 0.15) is 18.9 Å². The molecule has 1 rings (SSSR count). The van der Waals surface area contributed by atoms with E-state index in [0.29, 0.717) is 24.3 Å². The first-order valence-electron chi connectivity index (χ1n) is 5.42. The maximum Gasteiger partial charge on any atom is 0.314 e. The van der Waals surface area contributed by atoms with Gasteiger partial charge in [0.1, 0.15) is 0 Å². The molecule has 6 heteroatoms. The molecule has 1 aromatic rings. The van der Waals surface area contributed by atoms with E-state index < -0.39 is 11.0 Å². The zero-order valence-corrected chi connectivity index (χ0v) is 10.3. The second-order valence-electron chi connectivity index (χ2n) is 4.12. The van der Waals surface area contributed by atoms with Gasteiger partial charge in [0, 0.05) is 25.4 Å². The standard InChI is InChI=1S/C11H17N3O3/c1-8-4-6-12-11(10(8)14(16)17)13(3)7-5-9(2)15/h4,6,9,15H,5,7H2,1-3H3. The molecule has 0 saturated carbocycles. The number of anilines is 1. The fraction of sp³-hybridized carbons (Fsp3) is 0.545. The molecule has 0 aliphatic rings. The predicted molar refractivity (Wildman–Crippen MR) is 65.2 cm³/mol. The molecule has 0 aliphatic heterocycles. The van der Waals surface area contributed by atoms with E-state index in [1.54, 1.807) is 38.1 Å². The summed E-state index contributed by atoms with van der Waals surface area (Å²) in [5.41, 5.74) is 0.615. The summed E-state index contributed by atoms with van der Waals surface area (Å²) in [6.45, 7) is 3.90. The Labute approximate surface area is 100 Å². The molecule has 0 amide bonds. The van der Waals surface area contributed by atoms with E-state index in [-0.39, 0.29) is 5.69 Å². The average molecular weight is 239 g/mol. The van der Waals surface area contributed by atoms with Crippen molar-refractivity contribution in [2.75, 3.05) is 18.5 Å². The van der Waals surface area contributed by atoms with Crippen molar-refractivity contribution < 1.29 is 10.0 Å². The third-order valence-electron chi connectivity index (χ3n) is 2.53. The van der Waals surface area contributed by atoms with Gasteiger partial charge in [0.05, 0.1) is 11.0 Å². The zero-order chi connectivity index (χ0) is 13.0. The minimum Gasteiger partial charge on any atom is -0.393 e. The molecule has 1 N–H and O–H groups in total. The van der Waals surface area contributed by atoms with Gasteiger partial charge in [-0.05, 0) is 26.3 Å². The summed E-state index contributed by atoms with van der Waals surface area (Å²) in [5.74, 6) is 0.343. The maximum atomic E-state index is 11.0.